The van der Waals surface area contributed by atoms with Gasteiger partial charge in [-0.05, 0) is 6.07 Å². The number of aromatic carboxylic acids is 1. The van der Waals surface area contributed by atoms with E-state index in [0.717, 1.165) is 6.20 Å². The van der Waals surface area contributed by atoms with Gasteiger partial charge in [-0.25, -0.2) is 9.78 Å². The number of aliphatic hydroxyl groups is 2. The second-order valence-corrected chi connectivity index (χ2v) is 3.56. The zero-order valence-corrected chi connectivity index (χ0v) is 8.92. The van der Waals surface area contributed by atoms with Crippen molar-refractivity contribution in [3.63, 3.8) is 0 Å². The fraction of sp³-hybridized carbons (Fsp3) is 0.333. The van der Waals surface area contributed by atoms with Crippen molar-refractivity contribution in [3.05, 3.63) is 28.5 Å². The summed E-state index contributed by atoms with van der Waals surface area (Å²) in [6.07, 6.45) is -1.25. The number of nitrogens with zero attached hydrogens (tertiary/aromatic N) is 1. The van der Waals surface area contributed by atoms with Crippen LogP contribution in [-0.4, -0.2) is 38.9 Å². The molecule has 0 aliphatic heterocycles. The molecular weight excluding hydrogens is 236 g/mol. The van der Waals surface area contributed by atoms with Crippen LogP contribution < -0.4 is 5.73 Å². The highest BCUT2D eigenvalue weighted by atomic mass is 35.5. The van der Waals surface area contributed by atoms with Crippen molar-refractivity contribution in [2.75, 3.05) is 6.54 Å². The Morgan fingerprint density at radius 3 is 2.62 bits per heavy atom. The highest BCUT2D eigenvalue weighted by Crippen LogP contribution is 2.21. The highest BCUT2D eigenvalue weighted by molar-refractivity contribution is 6.33. The molecule has 88 valence electrons. The average molecular weight is 247 g/mol. The predicted molar refractivity (Wildman–Crippen MR) is 56.2 cm³/mol. The molecule has 1 rings (SSSR count). The second-order valence-electron chi connectivity index (χ2n) is 3.15. The van der Waals surface area contributed by atoms with Crippen LogP contribution in [0.5, 0.6) is 0 Å². The second kappa shape index (κ2) is 5.22. The molecule has 0 fully saturated rings. The third-order valence-electron chi connectivity index (χ3n) is 2.01. The maximum Gasteiger partial charge on any atom is 0.356 e. The van der Waals surface area contributed by atoms with Gasteiger partial charge in [0.15, 0.2) is 5.69 Å². The molecule has 0 aliphatic rings. The fourth-order valence-electron chi connectivity index (χ4n) is 1.12. The topological polar surface area (TPSA) is 117 Å². The highest BCUT2D eigenvalue weighted by Gasteiger charge is 2.19. The molecule has 0 aromatic carbocycles. The van der Waals surface area contributed by atoms with Gasteiger partial charge < -0.3 is 21.1 Å². The molecule has 0 bridgehead atoms. The van der Waals surface area contributed by atoms with Crippen molar-refractivity contribution >= 4 is 17.6 Å². The summed E-state index contributed by atoms with van der Waals surface area (Å²) >= 11 is 5.65. The maximum absolute atomic E-state index is 10.6. The number of aliphatic hydroxyl groups excluding tert-OH is 2. The number of halogens is 1. The molecular formula is C9H11ClN2O4. The molecule has 7 heteroatoms. The molecule has 5 N–H and O–H groups in total. The Balaban J connectivity index is 3.01. The number of carboxylic acids is 1. The van der Waals surface area contributed by atoms with Gasteiger partial charge in [0.25, 0.3) is 0 Å². The standard InChI is InChI=1S/C9H11ClN2O4/c10-5-1-4(8(14)6(13)2-11)3-12-7(5)9(15)16/h1,3,6,8,13-14H,2,11H2,(H,15,16). The molecule has 16 heavy (non-hydrogen) atoms. The van der Waals surface area contributed by atoms with Crippen LogP contribution in [0.15, 0.2) is 12.3 Å². The third-order valence-corrected chi connectivity index (χ3v) is 2.30. The van der Waals surface area contributed by atoms with Crippen LogP contribution in [0.4, 0.5) is 0 Å². The number of carbonyl (C=O) groups is 1. The van der Waals surface area contributed by atoms with E-state index in [2.05, 4.69) is 4.98 Å². The zero-order valence-electron chi connectivity index (χ0n) is 8.17. The normalized spacial score (nSPS) is 14.5. The Hall–Kier alpha value is -1.21. The van der Waals surface area contributed by atoms with Gasteiger partial charge in [-0.15, -0.1) is 0 Å². The first-order valence-corrected chi connectivity index (χ1v) is 4.80. The summed E-state index contributed by atoms with van der Waals surface area (Å²) in [6, 6.07) is 1.24. The third kappa shape index (κ3) is 2.67. The van der Waals surface area contributed by atoms with Crippen LogP contribution in [-0.2, 0) is 0 Å². The summed E-state index contributed by atoms with van der Waals surface area (Å²) in [5, 5.41) is 27.4. The van der Waals surface area contributed by atoms with Crippen LogP contribution in [0.2, 0.25) is 5.02 Å². The van der Waals surface area contributed by atoms with E-state index in [1.165, 1.54) is 6.07 Å². The van der Waals surface area contributed by atoms with E-state index in [1.54, 1.807) is 0 Å². The Kier molecular flexibility index (Phi) is 4.19. The maximum atomic E-state index is 10.6. The van der Waals surface area contributed by atoms with Crippen LogP contribution in [0.1, 0.15) is 22.2 Å². The number of carboxylic acid groups (broad SMARTS) is 1. The Bertz CT molecular complexity index is 399. The lowest BCUT2D eigenvalue weighted by Crippen LogP contribution is -2.27. The largest absolute Gasteiger partial charge is 0.476 e. The lowest BCUT2D eigenvalue weighted by Gasteiger charge is -2.16. The van der Waals surface area contributed by atoms with Gasteiger partial charge >= 0.3 is 5.97 Å². The molecule has 1 heterocycles. The molecule has 0 radical (unpaired) electrons. The van der Waals surface area contributed by atoms with Crippen LogP contribution in [0, 0.1) is 0 Å². The van der Waals surface area contributed by atoms with Crippen molar-refractivity contribution in [1.29, 1.82) is 0 Å². The molecule has 1 aromatic heterocycles. The van der Waals surface area contributed by atoms with E-state index in [4.69, 9.17) is 22.4 Å². The molecule has 6 nitrogen and oxygen atoms in total. The SMILES string of the molecule is NCC(O)C(O)c1cnc(C(=O)O)c(Cl)c1. The number of rotatable bonds is 4. The molecule has 2 unspecified atom stereocenters. The quantitative estimate of drug-likeness (QED) is 0.584. The monoisotopic (exact) mass is 246 g/mol. The van der Waals surface area contributed by atoms with E-state index in [1.807, 2.05) is 0 Å². The molecule has 0 aliphatic carbocycles. The zero-order chi connectivity index (χ0) is 12.3. The predicted octanol–water partition coefficient (Wildman–Crippen LogP) is -0.214. The van der Waals surface area contributed by atoms with Crippen LogP contribution in [0.3, 0.4) is 0 Å². The van der Waals surface area contributed by atoms with Crippen LogP contribution >= 0.6 is 11.6 Å². The first-order chi connectivity index (χ1) is 7.47. The first-order valence-electron chi connectivity index (χ1n) is 4.42. The first kappa shape index (κ1) is 12.9. The minimum atomic E-state index is -1.26. The minimum absolute atomic E-state index is 0.103. The van der Waals surface area contributed by atoms with Crippen molar-refractivity contribution in [1.82, 2.24) is 4.98 Å². The minimum Gasteiger partial charge on any atom is -0.476 e. The number of hydrogen-bond donors (Lipinski definition) is 4. The summed E-state index contributed by atoms with van der Waals surface area (Å²) in [4.78, 5) is 14.2. The lowest BCUT2D eigenvalue weighted by atomic mass is 10.1. The number of nitrogens with two attached hydrogens (primary N) is 1. The molecule has 0 amide bonds. The summed E-state index contributed by atoms with van der Waals surface area (Å²) < 4.78 is 0. The summed E-state index contributed by atoms with van der Waals surface area (Å²) in [5.41, 5.74) is 5.08. The van der Waals surface area contributed by atoms with Gasteiger partial charge in [0.1, 0.15) is 6.10 Å². The smallest absolute Gasteiger partial charge is 0.356 e. The van der Waals surface area contributed by atoms with Crippen molar-refractivity contribution < 1.29 is 20.1 Å². The van der Waals surface area contributed by atoms with Crippen molar-refractivity contribution in [2.45, 2.75) is 12.2 Å². The van der Waals surface area contributed by atoms with Gasteiger partial charge in [-0.1, -0.05) is 11.6 Å². The molecule has 0 spiro atoms. The van der Waals surface area contributed by atoms with Gasteiger partial charge in [0.05, 0.1) is 11.1 Å². The van der Waals surface area contributed by atoms with E-state index < -0.39 is 18.2 Å². The number of hydrogen-bond acceptors (Lipinski definition) is 5. The van der Waals surface area contributed by atoms with E-state index in [-0.39, 0.29) is 22.8 Å². The molecule has 0 saturated carbocycles. The number of aromatic nitrogens is 1. The fourth-order valence-corrected chi connectivity index (χ4v) is 1.38. The van der Waals surface area contributed by atoms with Gasteiger partial charge in [0.2, 0.25) is 0 Å². The lowest BCUT2D eigenvalue weighted by molar-refractivity contribution is 0.0241. The Morgan fingerprint density at radius 1 is 1.56 bits per heavy atom. The van der Waals surface area contributed by atoms with Gasteiger partial charge in [0, 0.05) is 18.3 Å². The Morgan fingerprint density at radius 2 is 2.19 bits per heavy atom. The van der Waals surface area contributed by atoms with Crippen LogP contribution in [0.25, 0.3) is 0 Å². The average Bonchev–Trinajstić information content (AvgIpc) is 2.26. The van der Waals surface area contributed by atoms with Gasteiger partial charge in [-0.2, -0.15) is 0 Å². The van der Waals surface area contributed by atoms with Crippen molar-refractivity contribution in [2.24, 2.45) is 5.73 Å². The van der Waals surface area contributed by atoms with E-state index >= 15 is 0 Å². The summed E-state index contributed by atoms with van der Waals surface area (Å²) in [5.74, 6) is -1.26. The van der Waals surface area contributed by atoms with Gasteiger partial charge in [-0.3, -0.25) is 0 Å². The van der Waals surface area contributed by atoms with E-state index in [0.29, 0.717) is 0 Å². The van der Waals surface area contributed by atoms with E-state index in [9.17, 15) is 15.0 Å². The molecule has 2 atom stereocenters. The summed E-state index contributed by atoms with van der Waals surface area (Å²) in [6.45, 7) is -0.126. The van der Waals surface area contributed by atoms with Crippen molar-refractivity contribution in [3.8, 4) is 0 Å². The number of pyridine rings is 1. The molecule has 0 saturated heterocycles. The molecule has 1 aromatic rings. The Labute approximate surface area is 96.3 Å². The summed E-state index contributed by atoms with van der Waals surface area (Å²) in [7, 11) is 0.